The molecule has 6 heterocycles. The van der Waals surface area contributed by atoms with Gasteiger partial charge in [0.1, 0.15) is 0 Å². The maximum absolute atomic E-state index is 5.33. The van der Waals surface area contributed by atoms with Gasteiger partial charge in [-0.05, 0) is 80.1 Å². The zero-order chi connectivity index (χ0) is 36.1. The van der Waals surface area contributed by atoms with Gasteiger partial charge in [0.25, 0.3) is 0 Å². The van der Waals surface area contributed by atoms with Crippen molar-refractivity contribution in [3.63, 3.8) is 0 Å². The Bertz CT molecular complexity index is 3240. The van der Waals surface area contributed by atoms with E-state index in [1.807, 2.05) is 24.5 Å². The Balaban J connectivity index is 1.13. The van der Waals surface area contributed by atoms with Gasteiger partial charge in [0.05, 0.1) is 33.5 Å². The predicted molar refractivity (Wildman–Crippen MR) is 229 cm³/mol. The second-order valence-corrected chi connectivity index (χ2v) is 18.6. The first-order valence-electron chi connectivity index (χ1n) is 19.0. The summed E-state index contributed by atoms with van der Waals surface area (Å²) >= 11 is 0. The number of aryl methyl sites for hydroxylation is 2. The van der Waals surface area contributed by atoms with Gasteiger partial charge in [-0.25, -0.2) is 9.97 Å². The van der Waals surface area contributed by atoms with Gasteiger partial charge in [-0.1, -0.05) is 133 Å². The molecule has 4 aromatic heterocycles. The van der Waals surface area contributed by atoms with Crippen LogP contribution in [0.5, 0.6) is 0 Å². The van der Waals surface area contributed by atoms with Crippen LogP contribution in [0.25, 0.3) is 77.3 Å². The second-order valence-electron chi connectivity index (χ2n) is 14.9. The summed E-state index contributed by atoms with van der Waals surface area (Å²) in [6.45, 7) is 0. The molecule has 1 atom stereocenters. The van der Waals surface area contributed by atoms with Crippen LogP contribution in [0.15, 0.2) is 170 Å². The molecular weight excluding hydrogens is 685 g/mol. The highest BCUT2D eigenvalue weighted by Crippen LogP contribution is 2.35. The summed E-state index contributed by atoms with van der Waals surface area (Å²) in [6.07, 6.45) is 5.72. The normalized spacial score (nSPS) is 15.6. The average molecular weight is 717 g/mol. The SMILES string of the molecule is c1ccc2c(c1)CCc1ccc(-c3ccc4ccc5cccnc5c4n3)cc1[Si]21c2ccccc2-c2ccc(-c3ccc4ccc5cccnc5c4n3)cc21. The molecule has 2 aliphatic rings. The standard InChI is InChI=1S/C50H32N4Si/c1-3-11-43-31(7-1)13-14-32-15-20-37(41-25-22-35-18-16-33-8-5-27-51-47(33)49(35)53-41)29-45(32)55(43)44-12-4-2-10-39(44)40-24-21-38(30-46(40)55)42-26-23-36-19-17-34-9-6-28-52-48(34)50(36)54-42/h1-12,15-30H,13-14H2. The van der Waals surface area contributed by atoms with Gasteiger partial charge in [-0.3, -0.25) is 9.97 Å². The summed E-state index contributed by atoms with van der Waals surface area (Å²) in [5, 5.41) is 10.2. The maximum atomic E-state index is 5.33. The van der Waals surface area contributed by atoms with E-state index < -0.39 is 8.07 Å². The monoisotopic (exact) mass is 716 g/mol. The van der Waals surface area contributed by atoms with Crippen LogP contribution in [-0.4, -0.2) is 28.0 Å². The number of pyridine rings is 4. The lowest BCUT2D eigenvalue weighted by Gasteiger charge is -2.33. The average Bonchev–Trinajstić information content (AvgIpc) is 3.46. The molecule has 0 amide bonds. The Labute approximate surface area is 318 Å². The molecule has 1 unspecified atom stereocenters. The predicted octanol–water partition coefficient (Wildman–Crippen LogP) is 8.67. The highest BCUT2D eigenvalue weighted by atomic mass is 28.3. The number of rotatable bonds is 2. The van der Waals surface area contributed by atoms with Gasteiger partial charge in [0.2, 0.25) is 0 Å². The molecule has 6 aromatic carbocycles. The molecule has 0 fully saturated rings. The fourth-order valence-corrected chi connectivity index (χ4v) is 15.4. The van der Waals surface area contributed by atoms with Crippen molar-refractivity contribution in [1.29, 1.82) is 0 Å². The van der Waals surface area contributed by atoms with E-state index in [4.69, 9.17) is 19.9 Å². The second kappa shape index (κ2) is 11.6. The van der Waals surface area contributed by atoms with Gasteiger partial charge in [-0.15, -0.1) is 0 Å². The third-order valence-electron chi connectivity index (χ3n) is 12.1. The van der Waals surface area contributed by atoms with Crippen LogP contribution in [0, 0.1) is 0 Å². The molecule has 55 heavy (non-hydrogen) atoms. The van der Waals surface area contributed by atoms with E-state index in [-0.39, 0.29) is 0 Å². The highest BCUT2D eigenvalue weighted by molar-refractivity contribution is 7.22. The summed E-state index contributed by atoms with van der Waals surface area (Å²) < 4.78 is 0. The highest BCUT2D eigenvalue weighted by Gasteiger charge is 2.51. The van der Waals surface area contributed by atoms with Crippen LogP contribution in [-0.2, 0) is 12.8 Å². The number of aromatic nitrogens is 4. The van der Waals surface area contributed by atoms with E-state index in [0.717, 1.165) is 79.0 Å². The third kappa shape index (κ3) is 4.39. The van der Waals surface area contributed by atoms with Crippen molar-refractivity contribution in [3.05, 3.63) is 181 Å². The van der Waals surface area contributed by atoms with Crippen molar-refractivity contribution in [3.8, 4) is 33.6 Å². The lowest BCUT2D eigenvalue weighted by atomic mass is 10.0. The molecule has 0 bridgehead atoms. The third-order valence-corrected chi connectivity index (χ3v) is 17.1. The summed E-state index contributed by atoms with van der Waals surface area (Å²) in [7, 11) is -2.86. The van der Waals surface area contributed by atoms with E-state index in [9.17, 15) is 0 Å². The Kier molecular flexibility index (Phi) is 6.45. The topological polar surface area (TPSA) is 51.6 Å². The van der Waals surface area contributed by atoms with Crippen LogP contribution in [0.4, 0.5) is 0 Å². The minimum Gasteiger partial charge on any atom is -0.254 e. The van der Waals surface area contributed by atoms with E-state index >= 15 is 0 Å². The summed E-state index contributed by atoms with van der Waals surface area (Å²) in [5.74, 6) is 0. The van der Waals surface area contributed by atoms with Gasteiger partial charge in [0.15, 0.2) is 8.07 Å². The molecule has 0 saturated carbocycles. The van der Waals surface area contributed by atoms with E-state index in [1.54, 1.807) is 0 Å². The fraction of sp³-hybridized carbons (Fsp3) is 0.0400. The lowest BCUT2D eigenvalue weighted by Crippen LogP contribution is -2.73. The molecule has 4 nitrogen and oxygen atoms in total. The number of benzene rings is 6. The van der Waals surface area contributed by atoms with E-state index in [1.165, 1.54) is 43.0 Å². The summed E-state index contributed by atoms with van der Waals surface area (Å²) in [6, 6.07) is 58.3. The quantitative estimate of drug-likeness (QED) is 0.133. The lowest BCUT2D eigenvalue weighted by molar-refractivity contribution is 0.977. The molecular formula is C50H32N4Si. The van der Waals surface area contributed by atoms with Crippen LogP contribution in [0.3, 0.4) is 0 Å². The Morgan fingerprint density at radius 2 is 0.873 bits per heavy atom. The van der Waals surface area contributed by atoms with Gasteiger partial charge < -0.3 is 0 Å². The smallest absolute Gasteiger partial charge is 0.181 e. The van der Waals surface area contributed by atoms with Crippen molar-refractivity contribution in [2.24, 2.45) is 0 Å². The Morgan fingerprint density at radius 3 is 1.55 bits per heavy atom. The first-order valence-corrected chi connectivity index (χ1v) is 21.0. The molecule has 10 aromatic rings. The van der Waals surface area contributed by atoms with Crippen LogP contribution >= 0.6 is 0 Å². The van der Waals surface area contributed by atoms with E-state index in [0.29, 0.717) is 0 Å². The first kappa shape index (κ1) is 30.6. The molecule has 1 spiro atoms. The van der Waals surface area contributed by atoms with Crippen molar-refractivity contribution < 1.29 is 0 Å². The number of nitrogens with zero attached hydrogens (tertiary/aromatic N) is 4. The van der Waals surface area contributed by atoms with Gasteiger partial charge >= 0.3 is 0 Å². The Hall–Kier alpha value is -6.82. The Morgan fingerprint density at radius 1 is 0.364 bits per heavy atom. The molecule has 12 rings (SSSR count). The maximum Gasteiger partial charge on any atom is 0.181 e. The fourth-order valence-electron chi connectivity index (χ4n) is 9.61. The largest absolute Gasteiger partial charge is 0.254 e. The van der Waals surface area contributed by atoms with Crippen molar-refractivity contribution in [2.45, 2.75) is 12.8 Å². The van der Waals surface area contributed by atoms with Crippen molar-refractivity contribution in [2.75, 3.05) is 0 Å². The zero-order valence-corrected chi connectivity index (χ0v) is 30.9. The molecule has 0 aliphatic carbocycles. The van der Waals surface area contributed by atoms with Crippen LogP contribution in [0.1, 0.15) is 11.1 Å². The van der Waals surface area contributed by atoms with E-state index in [2.05, 4.69) is 146 Å². The molecule has 0 radical (unpaired) electrons. The molecule has 2 aliphatic heterocycles. The summed E-state index contributed by atoms with van der Waals surface area (Å²) in [4.78, 5) is 20.2. The van der Waals surface area contributed by atoms with Crippen molar-refractivity contribution in [1.82, 2.24) is 19.9 Å². The molecule has 0 saturated heterocycles. The molecule has 5 heteroatoms. The van der Waals surface area contributed by atoms with Gasteiger partial charge in [-0.2, -0.15) is 0 Å². The summed E-state index contributed by atoms with van der Waals surface area (Å²) in [5.41, 5.74) is 13.5. The van der Waals surface area contributed by atoms with Crippen LogP contribution < -0.4 is 20.7 Å². The molecule has 256 valence electrons. The first-order chi connectivity index (χ1) is 27.2. The van der Waals surface area contributed by atoms with Gasteiger partial charge in [0, 0.05) is 45.1 Å². The number of hydrogen-bond donors (Lipinski definition) is 0. The minimum absolute atomic E-state index is 0.937. The number of hydrogen-bond acceptors (Lipinski definition) is 4. The minimum atomic E-state index is -2.86. The van der Waals surface area contributed by atoms with Crippen molar-refractivity contribution >= 4 is 72.4 Å². The number of fused-ring (bicyclic) bond motifs is 15. The zero-order valence-electron chi connectivity index (χ0n) is 29.9. The molecule has 0 N–H and O–H groups in total. The van der Waals surface area contributed by atoms with Crippen LogP contribution in [0.2, 0.25) is 0 Å².